The zero-order valence-corrected chi connectivity index (χ0v) is 12.8. The molecule has 0 aliphatic carbocycles. The van der Waals surface area contributed by atoms with E-state index in [1.54, 1.807) is 0 Å². The highest BCUT2D eigenvalue weighted by atomic mass is 79.9. The summed E-state index contributed by atoms with van der Waals surface area (Å²) in [5.74, 6) is 0. The molecule has 0 spiro atoms. The molecule has 0 aromatic heterocycles. The van der Waals surface area contributed by atoms with Gasteiger partial charge in [-0.1, -0.05) is 70.5 Å². The highest BCUT2D eigenvalue weighted by Gasteiger charge is 2.15. The molecule has 0 amide bonds. The average Bonchev–Trinajstić information content (AvgIpc) is 2.46. The van der Waals surface area contributed by atoms with Crippen LogP contribution in [-0.2, 0) is 4.74 Å². The van der Waals surface area contributed by atoms with Gasteiger partial charge in [-0.15, -0.1) is 0 Å². The van der Waals surface area contributed by atoms with Crippen LogP contribution in [0.15, 0.2) is 54.6 Å². The van der Waals surface area contributed by atoms with Gasteiger partial charge in [0.25, 0.3) is 0 Å². The lowest BCUT2D eigenvalue weighted by molar-refractivity contribution is 0.0809. The summed E-state index contributed by atoms with van der Waals surface area (Å²) in [5.41, 5.74) is 3.74. The standard InChI is InChI=1S/C17H19BrO/c1-14-8-5-6-11-16(14)17(19-13-7-12-18)15-9-3-2-4-10-15/h2-6,8-11,17H,7,12-13H2,1H3. The molecule has 1 unspecified atom stereocenters. The minimum absolute atomic E-state index is 0.0291. The third kappa shape index (κ3) is 3.92. The number of alkyl halides is 1. The number of halogens is 1. The largest absolute Gasteiger partial charge is 0.369 e. The smallest absolute Gasteiger partial charge is 0.108 e. The van der Waals surface area contributed by atoms with Gasteiger partial charge in [0.1, 0.15) is 6.10 Å². The average molecular weight is 319 g/mol. The van der Waals surface area contributed by atoms with Gasteiger partial charge in [0, 0.05) is 11.9 Å². The first-order valence-electron chi connectivity index (χ1n) is 6.61. The van der Waals surface area contributed by atoms with Crippen LogP contribution in [0.5, 0.6) is 0 Å². The van der Waals surface area contributed by atoms with Gasteiger partial charge in [0.2, 0.25) is 0 Å². The lowest BCUT2D eigenvalue weighted by Crippen LogP contribution is -2.09. The van der Waals surface area contributed by atoms with E-state index in [0.717, 1.165) is 18.4 Å². The first kappa shape index (κ1) is 14.3. The van der Waals surface area contributed by atoms with Gasteiger partial charge < -0.3 is 4.74 Å². The molecular formula is C17H19BrO. The molecule has 19 heavy (non-hydrogen) atoms. The molecule has 1 nitrogen and oxygen atoms in total. The molecule has 2 heteroatoms. The van der Waals surface area contributed by atoms with E-state index in [1.807, 2.05) is 6.07 Å². The molecule has 100 valence electrons. The maximum Gasteiger partial charge on any atom is 0.108 e. The van der Waals surface area contributed by atoms with E-state index in [4.69, 9.17) is 4.74 Å². The molecule has 0 heterocycles. The molecule has 2 aromatic carbocycles. The van der Waals surface area contributed by atoms with Crippen LogP contribution in [0, 0.1) is 6.92 Å². The second kappa shape index (κ2) is 7.46. The fraction of sp³-hybridized carbons (Fsp3) is 0.294. The summed E-state index contributed by atoms with van der Waals surface area (Å²) in [6.45, 7) is 2.90. The summed E-state index contributed by atoms with van der Waals surface area (Å²) < 4.78 is 6.11. The number of hydrogen-bond acceptors (Lipinski definition) is 1. The molecule has 0 saturated carbocycles. The maximum absolute atomic E-state index is 6.11. The van der Waals surface area contributed by atoms with Gasteiger partial charge in [0.15, 0.2) is 0 Å². The summed E-state index contributed by atoms with van der Waals surface area (Å²) in [6, 6.07) is 18.9. The topological polar surface area (TPSA) is 9.23 Å². The van der Waals surface area contributed by atoms with Crippen LogP contribution < -0.4 is 0 Å². The predicted molar refractivity (Wildman–Crippen MR) is 83.8 cm³/mol. The zero-order chi connectivity index (χ0) is 13.5. The highest BCUT2D eigenvalue weighted by Crippen LogP contribution is 2.28. The molecule has 2 aromatic rings. The van der Waals surface area contributed by atoms with Crippen molar-refractivity contribution in [3.63, 3.8) is 0 Å². The number of hydrogen-bond donors (Lipinski definition) is 0. The van der Waals surface area contributed by atoms with Crippen LogP contribution in [-0.4, -0.2) is 11.9 Å². The minimum Gasteiger partial charge on any atom is -0.369 e. The number of benzene rings is 2. The van der Waals surface area contributed by atoms with Crippen molar-refractivity contribution in [1.29, 1.82) is 0 Å². The van der Waals surface area contributed by atoms with E-state index in [0.29, 0.717) is 0 Å². The number of aryl methyl sites for hydroxylation is 1. The Morgan fingerprint density at radius 1 is 1.00 bits per heavy atom. The summed E-state index contributed by atoms with van der Waals surface area (Å²) in [6.07, 6.45) is 1.05. The van der Waals surface area contributed by atoms with E-state index in [9.17, 15) is 0 Å². The molecule has 1 atom stereocenters. The summed E-state index contributed by atoms with van der Waals surface area (Å²) >= 11 is 3.45. The van der Waals surface area contributed by atoms with Gasteiger partial charge in [-0.2, -0.15) is 0 Å². The third-order valence-corrected chi connectivity index (χ3v) is 3.70. The van der Waals surface area contributed by atoms with Gasteiger partial charge in [0.05, 0.1) is 0 Å². The van der Waals surface area contributed by atoms with Crippen molar-refractivity contribution >= 4 is 15.9 Å². The molecule has 0 fully saturated rings. The van der Waals surface area contributed by atoms with Crippen molar-refractivity contribution < 1.29 is 4.74 Å². The molecule has 0 aliphatic rings. The van der Waals surface area contributed by atoms with Crippen molar-refractivity contribution in [1.82, 2.24) is 0 Å². The van der Waals surface area contributed by atoms with Crippen LogP contribution in [0.25, 0.3) is 0 Å². The Morgan fingerprint density at radius 2 is 1.68 bits per heavy atom. The van der Waals surface area contributed by atoms with Gasteiger partial charge >= 0.3 is 0 Å². The van der Waals surface area contributed by atoms with Crippen molar-refractivity contribution in [2.75, 3.05) is 11.9 Å². The van der Waals surface area contributed by atoms with Crippen LogP contribution in [0.2, 0.25) is 0 Å². The lowest BCUT2D eigenvalue weighted by atomic mass is 9.97. The lowest BCUT2D eigenvalue weighted by Gasteiger charge is -2.20. The summed E-state index contributed by atoms with van der Waals surface area (Å²) in [4.78, 5) is 0. The van der Waals surface area contributed by atoms with Crippen LogP contribution in [0.1, 0.15) is 29.2 Å². The second-order valence-corrected chi connectivity index (χ2v) is 5.35. The normalized spacial score (nSPS) is 12.3. The fourth-order valence-corrected chi connectivity index (χ4v) is 2.36. The van der Waals surface area contributed by atoms with Crippen molar-refractivity contribution in [2.45, 2.75) is 19.4 Å². The monoisotopic (exact) mass is 318 g/mol. The highest BCUT2D eigenvalue weighted by molar-refractivity contribution is 9.09. The maximum atomic E-state index is 6.11. The first-order valence-corrected chi connectivity index (χ1v) is 7.73. The zero-order valence-electron chi connectivity index (χ0n) is 11.2. The number of rotatable bonds is 6. The van der Waals surface area contributed by atoms with Gasteiger partial charge in [-0.3, -0.25) is 0 Å². The third-order valence-electron chi connectivity index (χ3n) is 3.14. The Morgan fingerprint density at radius 3 is 2.37 bits per heavy atom. The molecule has 0 N–H and O–H groups in total. The Bertz CT molecular complexity index is 496. The molecule has 0 radical (unpaired) electrons. The quantitative estimate of drug-likeness (QED) is 0.544. The van der Waals surface area contributed by atoms with E-state index >= 15 is 0 Å². The van der Waals surface area contributed by atoms with Gasteiger partial charge in [-0.25, -0.2) is 0 Å². The van der Waals surface area contributed by atoms with Crippen LogP contribution >= 0.6 is 15.9 Å². The SMILES string of the molecule is Cc1ccccc1C(OCCCBr)c1ccccc1. The molecule has 0 aliphatic heterocycles. The second-order valence-electron chi connectivity index (χ2n) is 4.56. The van der Waals surface area contributed by atoms with Gasteiger partial charge in [-0.05, 0) is 30.0 Å². The van der Waals surface area contributed by atoms with Crippen molar-refractivity contribution in [2.24, 2.45) is 0 Å². The summed E-state index contributed by atoms with van der Waals surface area (Å²) in [5, 5.41) is 0.974. The Balaban J connectivity index is 2.27. The summed E-state index contributed by atoms with van der Waals surface area (Å²) in [7, 11) is 0. The Kier molecular flexibility index (Phi) is 5.62. The predicted octanol–water partition coefficient (Wildman–Crippen LogP) is 4.89. The molecular weight excluding hydrogens is 300 g/mol. The van der Waals surface area contributed by atoms with E-state index < -0.39 is 0 Å². The number of ether oxygens (including phenoxy) is 1. The molecule has 0 bridgehead atoms. The Labute approximate surface area is 123 Å². The van der Waals surface area contributed by atoms with Crippen LogP contribution in [0.4, 0.5) is 0 Å². The van der Waals surface area contributed by atoms with E-state index in [-0.39, 0.29) is 6.10 Å². The molecule has 2 rings (SSSR count). The fourth-order valence-electron chi connectivity index (χ4n) is 2.13. The molecule has 0 saturated heterocycles. The minimum atomic E-state index is 0.0291. The Hall–Kier alpha value is -1.12. The van der Waals surface area contributed by atoms with E-state index in [2.05, 4.69) is 71.4 Å². The van der Waals surface area contributed by atoms with E-state index in [1.165, 1.54) is 16.7 Å². The first-order chi connectivity index (χ1) is 9.33. The van der Waals surface area contributed by atoms with Crippen LogP contribution in [0.3, 0.4) is 0 Å². The van der Waals surface area contributed by atoms with Crippen molar-refractivity contribution in [3.05, 3.63) is 71.3 Å². The van der Waals surface area contributed by atoms with Crippen molar-refractivity contribution in [3.8, 4) is 0 Å².